The molecule has 1 atom stereocenters. The number of nitrogens with zero attached hydrogens (tertiary/aromatic N) is 1. The molecule has 0 saturated carbocycles. The van der Waals surface area contributed by atoms with Gasteiger partial charge < -0.3 is 16.8 Å². The second-order valence-electron chi connectivity index (χ2n) is 3.52. The number of pyridine rings is 1. The van der Waals surface area contributed by atoms with Crippen LogP contribution in [0.4, 0.5) is 11.5 Å². The van der Waals surface area contributed by atoms with Gasteiger partial charge in [0.25, 0.3) is 5.91 Å². The summed E-state index contributed by atoms with van der Waals surface area (Å²) in [5, 5.41) is 3.17. The smallest absolute Gasteiger partial charge is 0.250 e. The molecule has 1 amide bonds. The fourth-order valence-corrected chi connectivity index (χ4v) is 1.89. The van der Waals surface area contributed by atoms with Crippen LogP contribution in [0.1, 0.15) is 17.3 Å². The molecule has 0 saturated heterocycles. The molecule has 1 aromatic heterocycles. The summed E-state index contributed by atoms with van der Waals surface area (Å²) in [6.07, 6.45) is 3.47. The highest BCUT2D eigenvalue weighted by Gasteiger charge is 2.09. The molecule has 1 unspecified atom stereocenters. The van der Waals surface area contributed by atoms with Gasteiger partial charge in [-0.3, -0.25) is 4.79 Å². The van der Waals surface area contributed by atoms with Gasteiger partial charge in [-0.2, -0.15) is 11.8 Å². The maximum atomic E-state index is 11.1. The summed E-state index contributed by atoms with van der Waals surface area (Å²) in [6.45, 7) is 2.04. The normalized spacial score (nSPS) is 12.1. The number of hydrogen-bond acceptors (Lipinski definition) is 5. The second kappa shape index (κ2) is 5.60. The minimum atomic E-state index is -0.541. The maximum Gasteiger partial charge on any atom is 0.250 e. The summed E-state index contributed by atoms with van der Waals surface area (Å²) in [6, 6.07) is 1.85. The molecule has 0 spiro atoms. The van der Waals surface area contributed by atoms with Crippen molar-refractivity contribution < 1.29 is 4.79 Å². The molecule has 0 aliphatic carbocycles. The zero-order chi connectivity index (χ0) is 12.1. The first-order chi connectivity index (χ1) is 7.54. The Bertz CT molecular complexity index is 383. The van der Waals surface area contributed by atoms with E-state index in [9.17, 15) is 4.79 Å². The molecule has 5 N–H and O–H groups in total. The van der Waals surface area contributed by atoms with Crippen LogP contribution < -0.4 is 16.8 Å². The monoisotopic (exact) mass is 240 g/mol. The Labute approximate surface area is 99.0 Å². The fourth-order valence-electron chi connectivity index (χ4n) is 1.30. The van der Waals surface area contributed by atoms with Crippen LogP contribution in [0.25, 0.3) is 0 Å². The summed E-state index contributed by atoms with van der Waals surface area (Å²) in [5.41, 5.74) is 11.4. The van der Waals surface area contributed by atoms with E-state index < -0.39 is 5.91 Å². The number of rotatable bonds is 5. The summed E-state index contributed by atoms with van der Waals surface area (Å²) in [7, 11) is 0. The summed E-state index contributed by atoms with van der Waals surface area (Å²) >= 11 is 1.74. The van der Waals surface area contributed by atoms with E-state index in [-0.39, 0.29) is 6.04 Å². The number of thioether (sulfide) groups is 1. The van der Waals surface area contributed by atoms with Gasteiger partial charge in [0.05, 0.1) is 17.4 Å². The molecule has 0 bridgehead atoms. The van der Waals surface area contributed by atoms with Crippen molar-refractivity contribution in [3.8, 4) is 0 Å². The fraction of sp³-hybridized carbons (Fsp3) is 0.400. The molecule has 6 heteroatoms. The number of amides is 1. The molecule has 0 aliphatic rings. The van der Waals surface area contributed by atoms with Crippen LogP contribution in [0.15, 0.2) is 12.3 Å². The number of anilines is 2. The third-order valence-electron chi connectivity index (χ3n) is 2.01. The zero-order valence-electron chi connectivity index (χ0n) is 9.36. The number of hydrogen-bond donors (Lipinski definition) is 3. The van der Waals surface area contributed by atoms with E-state index in [2.05, 4.69) is 10.3 Å². The Morgan fingerprint density at radius 1 is 1.69 bits per heavy atom. The Balaban J connectivity index is 2.82. The van der Waals surface area contributed by atoms with E-state index in [0.29, 0.717) is 17.1 Å². The summed E-state index contributed by atoms with van der Waals surface area (Å²) in [4.78, 5) is 15.2. The van der Waals surface area contributed by atoms with E-state index >= 15 is 0 Å². The quantitative estimate of drug-likeness (QED) is 0.711. The van der Waals surface area contributed by atoms with E-state index in [1.807, 2.05) is 13.2 Å². The lowest BCUT2D eigenvalue weighted by Gasteiger charge is -2.13. The molecule has 1 aromatic rings. The third kappa shape index (κ3) is 3.30. The third-order valence-corrected chi connectivity index (χ3v) is 2.84. The molecule has 0 aromatic carbocycles. The van der Waals surface area contributed by atoms with Gasteiger partial charge in [-0.25, -0.2) is 4.98 Å². The van der Waals surface area contributed by atoms with Crippen LogP contribution in [-0.2, 0) is 0 Å². The lowest BCUT2D eigenvalue weighted by Crippen LogP contribution is -2.20. The number of carbonyl (C=O) groups excluding carboxylic acids is 1. The van der Waals surface area contributed by atoms with Crippen LogP contribution in [0.5, 0.6) is 0 Å². The highest BCUT2D eigenvalue weighted by atomic mass is 32.2. The second-order valence-corrected chi connectivity index (χ2v) is 4.43. The Morgan fingerprint density at radius 2 is 2.38 bits per heavy atom. The minimum Gasteiger partial charge on any atom is -0.397 e. The van der Waals surface area contributed by atoms with Crippen LogP contribution >= 0.6 is 11.8 Å². The van der Waals surface area contributed by atoms with Crippen LogP contribution in [-0.4, -0.2) is 28.9 Å². The van der Waals surface area contributed by atoms with E-state index in [1.54, 1.807) is 17.8 Å². The Morgan fingerprint density at radius 3 is 2.94 bits per heavy atom. The molecule has 88 valence electrons. The van der Waals surface area contributed by atoms with Crippen molar-refractivity contribution in [2.24, 2.45) is 5.73 Å². The number of nitrogens with two attached hydrogens (primary N) is 2. The highest BCUT2D eigenvalue weighted by Crippen LogP contribution is 2.15. The van der Waals surface area contributed by atoms with Gasteiger partial charge in [-0.15, -0.1) is 0 Å². The molecule has 1 rings (SSSR count). The highest BCUT2D eigenvalue weighted by molar-refractivity contribution is 7.98. The summed E-state index contributed by atoms with van der Waals surface area (Å²) in [5.74, 6) is 1.03. The van der Waals surface area contributed by atoms with Gasteiger partial charge in [-0.1, -0.05) is 0 Å². The molecule has 0 aliphatic heterocycles. The van der Waals surface area contributed by atoms with Crippen molar-refractivity contribution in [1.82, 2.24) is 4.98 Å². The molecule has 0 radical (unpaired) electrons. The lowest BCUT2D eigenvalue weighted by atomic mass is 10.2. The SMILES string of the molecule is CSCC(C)Nc1cc(C(N)=O)c(N)cn1. The van der Waals surface area contributed by atoms with Crippen molar-refractivity contribution in [2.45, 2.75) is 13.0 Å². The number of aromatic nitrogens is 1. The molecule has 0 fully saturated rings. The average molecular weight is 240 g/mol. The van der Waals surface area contributed by atoms with Crippen molar-refractivity contribution in [3.63, 3.8) is 0 Å². The van der Waals surface area contributed by atoms with Crippen molar-refractivity contribution in [1.29, 1.82) is 0 Å². The van der Waals surface area contributed by atoms with E-state index in [1.165, 1.54) is 6.20 Å². The standard InChI is InChI=1S/C10H16N4OS/c1-6(5-16-2)14-9-3-7(10(12)15)8(11)4-13-9/h3-4,6H,5,11H2,1-2H3,(H2,12,15)(H,13,14). The van der Waals surface area contributed by atoms with Gasteiger partial charge in [0.15, 0.2) is 0 Å². The van der Waals surface area contributed by atoms with Gasteiger partial charge in [-0.05, 0) is 19.2 Å². The average Bonchev–Trinajstić information content (AvgIpc) is 2.21. The zero-order valence-corrected chi connectivity index (χ0v) is 10.2. The van der Waals surface area contributed by atoms with E-state index in [0.717, 1.165) is 5.75 Å². The number of carbonyl (C=O) groups is 1. The molecule has 5 nitrogen and oxygen atoms in total. The molecular weight excluding hydrogens is 224 g/mol. The Kier molecular flexibility index (Phi) is 4.42. The Hall–Kier alpha value is -1.43. The summed E-state index contributed by atoms with van der Waals surface area (Å²) < 4.78 is 0. The number of nitrogens with one attached hydrogen (secondary N) is 1. The molecular formula is C10H16N4OS. The predicted molar refractivity (Wildman–Crippen MR) is 68.6 cm³/mol. The van der Waals surface area contributed by atoms with Gasteiger partial charge in [0.1, 0.15) is 5.82 Å². The first kappa shape index (κ1) is 12.6. The first-order valence-electron chi connectivity index (χ1n) is 4.85. The number of primary amides is 1. The first-order valence-corrected chi connectivity index (χ1v) is 6.24. The van der Waals surface area contributed by atoms with Crippen molar-refractivity contribution >= 4 is 29.2 Å². The topological polar surface area (TPSA) is 94.0 Å². The van der Waals surface area contributed by atoms with Crippen molar-refractivity contribution in [2.75, 3.05) is 23.1 Å². The lowest BCUT2D eigenvalue weighted by molar-refractivity contribution is 0.100. The van der Waals surface area contributed by atoms with Gasteiger partial charge in [0.2, 0.25) is 0 Å². The molecule has 1 heterocycles. The predicted octanol–water partition coefficient (Wildman–Crippen LogP) is 0.926. The largest absolute Gasteiger partial charge is 0.397 e. The van der Waals surface area contributed by atoms with Crippen LogP contribution in [0, 0.1) is 0 Å². The van der Waals surface area contributed by atoms with Gasteiger partial charge in [0, 0.05) is 11.8 Å². The van der Waals surface area contributed by atoms with Crippen LogP contribution in [0.2, 0.25) is 0 Å². The number of nitrogen functional groups attached to an aromatic ring is 1. The van der Waals surface area contributed by atoms with E-state index in [4.69, 9.17) is 11.5 Å². The minimum absolute atomic E-state index is 0.270. The van der Waals surface area contributed by atoms with Gasteiger partial charge >= 0.3 is 0 Å². The maximum absolute atomic E-state index is 11.1. The van der Waals surface area contributed by atoms with Crippen molar-refractivity contribution in [3.05, 3.63) is 17.8 Å². The molecule has 16 heavy (non-hydrogen) atoms. The van der Waals surface area contributed by atoms with Crippen LogP contribution in [0.3, 0.4) is 0 Å².